The van der Waals surface area contributed by atoms with E-state index in [0.717, 1.165) is 22.3 Å². The maximum absolute atomic E-state index is 13.8. The fourth-order valence-electron chi connectivity index (χ4n) is 5.28. The van der Waals surface area contributed by atoms with Crippen LogP contribution in [0.2, 0.25) is 0 Å². The highest BCUT2D eigenvalue weighted by atomic mass is 32.2. The average molecular weight is 583 g/mol. The molecule has 2 aromatic carbocycles. The van der Waals surface area contributed by atoms with Crippen LogP contribution in [0.25, 0.3) is 22.3 Å². The van der Waals surface area contributed by atoms with Gasteiger partial charge in [-0.2, -0.15) is 14.7 Å². The van der Waals surface area contributed by atoms with Crippen LogP contribution in [0.3, 0.4) is 0 Å². The van der Waals surface area contributed by atoms with E-state index in [-0.39, 0.29) is 17.4 Å². The zero-order chi connectivity index (χ0) is 28.9. The van der Waals surface area contributed by atoms with Crippen LogP contribution in [0.4, 0.5) is 0 Å². The molecule has 11 nitrogen and oxygen atoms in total. The van der Waals surface area contributed by atoms with E-state index in [1.54, 1.807) is 42.6 Å². The van der Waals surface area contributed by atoms with Crippen LogP contribution in [0.5, 0.6) is 11.5 Å². The predicted molar refractivity (Wildman–Crippen MR) is 157 cm³/mol. The summed E-state index contributed by atoms with van der Waals surface area (Å²) in [7, 11) is -3.79. The highest BCUT2D eigenvalue weighted by molar-refractivity contribution is 7.89. The molecule has 0 aliphatic carbocycles. The Labute approximate surface area is 244 Å². The zero-order valence-electron chi connectivity index (χ0n) is 22.9. The van der Waals surface area contributed by atoms with E-state index in [9.17, 15) is 13.7 Å². The highest BCUT2D eigenvalue weighted by Crippen LogP contribution is 2.31. The highest BCUT2D eigenvalue weighted by Gasteiger charge is 2.30. The summed E-state index contributed by atoms with van der Waals surface area (Å²) in [6, 6.07) is 19.9. The summed E-state index contributed by atoms with van der Waals surface area (Å²) < 4.78 is 36.8. The molecule has 214 valence electrons. The second-order valence-corrected chi connectivity index (χ2v) is 12.0. The van der Waals surface area contributed by atoms with Gasteiger partial charge in [-0.3, -0.25) is 9.58 Å². The van der Waals surface area contributed by atoms with Crippen LogP contribution in [0.1, 0.15) is 18.9 Å². The van der Waals surface area contributed by atoms with Gasteiger partial charge in [-0.25, -0.2) is 18.4 Å². The van der Waals surface area contributed by atoms with E-state index in [2.05, 4.69) is 31.0 Å². The number of fused-ring (bicyclic) bond motifs is 1. The summed E-state index contributed by atoms with van der Waals surface area (Å²) in [4.78, 5) is 14.2. The first-order valence-corrected chi connectivity index (χ1v) is 15.2. The van der Waals surface area contributed by atoms with E-state index in [1.165, 1.54) is 10.6 Å². The SMILES string of the molecule is N#CCC(CN1CCCN(S(=O)(=O)c2ccccc2Oc2ccccc2)CC1)n1cc(-c2ncnc3[nH]ccc23)cn1. The van der Waals surface area contributed by atoms with E-state index in [4.69, 9.17) is 4.74 Å². The number of ether oxygens (including phenoxy) is 1. The molecule has 0 radical (unpaired) electrons. The maximum Gasteiger partial charge on any atom is 0.246 e. The molecule has 0 saturated carbocycles. The standard InChI is InChI=1S/C30H30N8O3S/c31-13-11-24(38-20-23(19-35-38)29-26-12-14-32-30(26)34-22-33-29)21-36-15-6-16-37(18-17-36)42(39,40)28-10-5-4-9-27(28)41-25-7-2-1-3-8-25/h1-5,7-10,12,14,19-20,22,24H,6,11,15-18,21H2,(H,32,33,34). The Balaban J connectivity index is 1.16. The van der Waals surface area contributed by atoms with Crippen LogP contribution in [-0.2, 0) is 10.0 Å². The van der Waals surface area contributed by atoms with E-state index in [1.807, 2.05) is 41.3 Å². The summed E-state index contributed by atoms with van der Waals surface area (Å²) in [6.07, 6.45) is 7.94. The van der Waals surface area contributed by atoms with Gasteiger partial charge in [0.1, 0.15) is 28.4 Å². The zero-order valence-corrected chi connectivity index (χ0v) is 23.7. The second kappa shape index (κ2) is 12.1. The summed E-state index contributed by atoms with van der Waals surface area (Å²) in [5, 5.41) is 15.1. The third-order valence-corrected chi connectivity index (χ3v) is 9.32. The Bertz CT molecular complexity index is 1810. The summed E-state index contributed by atoms with van der Waals surface area (Å²) in [5.74, 6) is 0.874. The molecule has 1 aliphatic heterocycles. The van der Waals surface area contributed by atoms with E-state index < -0.39 is 10.0 Å². The second-order valence-electron chi connectivity index (χ2n) is 10.1. The predicted octanol–water partition coefficient (Wildman–Crippen LogP) is 4.47. The molecule has 1 aliphatic rings. The number of benzene rings is 2. The van der Waals surface area contributed by atoms with Crippen LogP contribution >= 0.6 is 0 Å². The lowest BCUT2D eigenvalue weighted by Crippen LogP contribution is -2.37. The molecule has 3 aromatic heterocycles. The van der Waals surface area contributed by atoms with Gasteiger partial charge < -0.3 is 9.72 Å². The maximum atomic E-state index is 13.8. The monoisotopic (exact) mass is 582 g/mol. The number of rotatable bonds is 9. The van der Waals surface area contributed by atoms with Crippen LogP contribution < -0.4 is 4.74 Å². The Morgan fingerprint density at radius 2 is 1.83 bits per heavy atom. The van der Waals surface area contributed by atoms with Gasteiger partial charge in [-0.05, 0) is 43.3 Å². The number of hydrogen-bond acceptors (Lipinski definition) is 8. The van der Waals surface area contributed by atoms with Gasteiger partial charge >= 0.3 is 0 Å². The smallest absolute Gasteiger partial charge is 0.246 e. The molecule has 1 unspecified atom stereocenters. The van der Waals surface area contributed by atoms with Gasteiger partial charge in [0, 0.05) is 49.5 Å². The van der Waals surface area contributed by atoms with Gasteiger partial charge in [0.05, 0.1) is 30.4 Å². The summed E-state index contributed by atoms with van der Waals surface area (Å²) in [6.45, 7) is 2.54. The van der Waals surface area contributed by atoms with Crippen molar-refractivity contribution in [3.8, 4) is 28.8 Å². The van der Waals surface area contributed by atoms with Crippen molar-refractivity contribution in [3.63, 3.8) is 0 Å². The van der Waals surface area contributed by atoms with Crippen molar-refractivity contribution in [3.05, 3.63) is 85.6 Å². The summed E-state index contributed by atoms with van der Waals surface area (Å²) in [5.41, 5.74) is 2.37. The number of nitriles is 1. The first-order valence-electron chi connectivity index (χ1n) is 13.8. The third kappa shape index (κ3) is 5.75. The normalized spacial score (nSPS) is 15.7. The van der Waals surface area contributed by atoms with Crippen LogP contribution in [0.15, 0.2) is 90.5 Å². The fraction of sp³-hybridized carbons (Fsp3) is 0.267. The Kier molecular flexibility index (Phi) is 7.96. The molecule has 0 bridgehead atoms. The van der Waals surface area contributed by atoms with E-state index in [0.29, 0.717) is 50.6 Å². The lowest BCUT2D eigenvalue weighted by atomic mass is 10.1. The Morgan fingerprint density at radius 3 is 2.69 bits per heavy atom. The number of nitrogens with zero attached hydrogens (tertiary/aromatic N) is 7. The molecule has 5 aromatic rings. The number of nitrogens with one attached hydrogen (secondary N) is 1. The molecule has 4 heterocycles. The molecule has 12 heteroatoms. The molecule has 0 spiro atoms. The minimum absolute atomic E-state index is 0.148. The quantitative estimate of drug-likeness (QED) is 0.269. The first kappa shape index (κ1) is 27.6. The average Bonchev–Trinajstić information content (AvgIpc) is 3.63. The van der Waals surface area contributed by atoms with Gasteiger partial charge in [-0.15, -0.1) is 0 Å². The molecule has 0 amide bonds. The Hall–Kier alpha value is -4.57. The fourth-order valence-corrected chi connectivity index (χ4v) is 6.86. The van der Waals surface area contributed by atoms with Gasteiger partial charge in [0.15, 0.2) is 0 Å². The molecule has 42 heavy (non-hydrogen) atoms. The largest absolute Gasteiger partial charge is 0.456 e. The summed E-state index contributed by atoms with van der Waals surface area (Å²) >= 11 is 0. The third-order valence-electron chi connectivity index (χ3n) is 7.38. The number of para-hydroxylation sites is 2. The van der Waals surface area contributed by atoms with E-state index >= 15 is 0 Å². The van der Waals surface area contributed by atoms with Gasteiger partial charge in [-0.1, -0.05) is 30.3 Å². The van der Waals surface area contributed by atoms with Crippen LogP contribution in [0, 0.1) is 11.3 Å². The van der Waals surface area contributed by atoms with Crippen molar-refractivity contribution in [1.29, 1.82) is 5.26 Å². The molecule has 1 N–H and O–H groups in total. The molecule has 1 atom stereocenters. The lowest BCUT2D eigenvalue weighted by molar-refractivity contribution is 0.234. The Morgan fingerprint density at radius 1 is 1.00 bits per heavy atom. The molecular weight excluding hydrogens is 552 g/mol. The van der Waals surface area contributed by atoms with Crippen molar-refractivity contribution in [1.82, 2.24) is 33.9 Å². The molecule has 6 rings (SSSR count). The van der Waals surface area contributed by atoms with Gasteiger partial charge in [0.2, 0.25) is 10.0 Å². The van der Waals surface area contributed by atoms with Crippen LogP contribution in [-0.4, -0.2) is 75.1 Å². The number of sulfonamides is 1. The van der Waals surface area contributed by atoms with Crippen molar-refractivity contribution in [2.24, 2.45) is 0 Å². The number of aromatic nitrogens is 5. The number of H-pyrrole nitrogens is 1. The minimum atomic E-state index is -3.79. The topological polar surface area (TPSA) is 133 Å². The van der Waals surface area contributed by atoms with Crippen molar-refractivity contribution < 1.29 is 13.2 Å². The number of hydrogen-bond donors (Lipinski definition) is 1. The van der Waals surface area contributed by atoms with Gasteiger partial charge in [0.25, 0.3) is 0 Å². The first-order chi connectivity index (χ1) is 20.5. The van der Waals surface area contributed by atoms with Crippen molar-refractivity contribution in [2.45, 2.75) is 23.8 Å². The van der Waals surface area contributed by atoms with Crippen molar-refractivity contribution >= 4 is 21.1 Å². The van der Waals surface area contributed by atoms with Crippen molar-refractivity contribution in [2.75, 3.05) is 32.7 Å². The number of aromatic amines is 1. The molecule has 1 fully saturated rings. The molecule has 1 saturated heterocycles. The minimum Gasteiger partial charge on any atom is -0.456 e. The molecular formula is C30H30N8O3S. The lowest BCUT2D eigenvalue weighted by Gasteiger charge is -2.25.